The molecule has 0 saturated carbocycles. The van der Waals surface area contributed by atoms with Crippen molar-refractivity contribution in [2.45, 2.75) is 32.2 Å². The van der Waals surface area contributed by atoms with Crippen LogP contribution in [0.25, 0.3) is 0 Å². The molecule has 1 aliphatic heterocycles. The lowest BCUT2D eigenvalue weighted by atomic mass is 10.0. The smallest absolute Gasteiger partial charge is 0.223 e. The van der Waals surface area contributed by atoms with E-state index in [-0.39, 0.29) is 11.9 Å². The summed E-state index contributed by atoms with van der Waals surface area (Å²) in [6.07, 6.45) is 2.26. The Kier molecular flexibility index (Phi) is 6.04. The first-order valence-electron chi connectivity index (χ1n) is 8.73. The number of nitrogens with zero attached hydrogens (tertiary/aromatic N) is 2. The third kappa shape index (κ3) is 4.38. The van der Waals surface area contributed by atoms with Gasteiger partial charge in [0.1, 0.15) is 5.75 Å². The van der Waals surface area contributed by atoms with Gasteiger partial charge in [-0.2, -0.15) is 0 Å². The predicted octanol–water partition coefficient (Wildman–Crippen LogP) is 2.96. The van der Waals surface area contributed by atoms with Crippen LogP contribution in [0.1, 0.15) is 35.1 Å². The Bertz CT molecular complexity index is 716. The minimum Gasteiger partial charge on any atom is -0.496 e. The quantitative estimate of drug-likeness (QED) is 0.862. The molecule has 0 radical (unpaired) electrons. The predicted molar refractivity (Wildman–Crippen MR) is 100 cm³/mol. The fourth-order valence-corrected chi connectivity index (χ4v) is 3.96. The number of carbonyl (C=O) groups excluding carboxylic acids is 1. The van der Waals surface area contributed by atoms with E-state index in [0.717, 1.165) is 54.5 Å². The molecule has 1 unspecified atom stereocenters. The van der Waals surface area contributed by atoms with Crippen molar-refractivity contribution in [1.82, 2.24) is 15.2 Å². The van der Waals surface area contributed by atoms with Crippen molar-refractivity contribution in [2.24, 2.45) is 0 Å². The lowest BCUT2D eigenvalue weighted by molar-refractivity contribution is -0.134. The van der Waals surface area contributed by atoms with E-state index in [4.69, 9.17) is 4.74 Å². The van der Waals surface area contributed by atoms with Crippen LogP contribution in [0, 0.1) is 6.92 Å². The molecule has 0 bridgehead atoms. The van der Waals surface area contributed by atoms with Gasteiger partial charge in [0.15, 0.2) is 0 Å². The molecule has 2 heterocycles. The van der Waals surface area contributed by atoms with Crippen LogP contribution in [0.2, 0.25) is 0 Å². The Labute approximate surface area is 153 Å². The first kappa shape index (κ1) is 17.9. The summed E-state index contributed by atoms with van der Waals surface area (Å²) in [5, 5.41) is 6.56. The van der Waals surface area contributed by atoms with Gasteiger partial charge in [-0.25, -0.2) is 4.98 Å². The van der Waals surface area contributed by atoms with Crippen molar-refractivity contribution < 1.29 is 9.53 Å². The number of para-hydroxylation sites is 1. The van der Waals surface area contributed by atoms with E-state index in [1.54, 1.807) is 18.4 Å². The van der Waals surface area contributed by atoms with Crippen LogP contribution in [-0.4, -0.2) is 42.5 Å². The third-order valence-corrected chi connectivity index (χ3v) is 5.37. The Morgan fingerprint density at radius 1 is 1.44 bits per heavy atom. The number of aromatic nitrogens is 1. The molecule has 1 saturated heterocycles. The normalized spacial score (nSPS) is 17.5. The van der Waals surface area contributed by atoms with Crippen LogP contribution in [0.15, 0.2) is 29.6 Å². The molecule has 1 atom stereocenters. The number of benzene rings is 1. The number of amides is 1. The summed E-state index contributed by atoms with van der Waals surface area (Å²) in [6, 6.07) is 7.99. The van der Waals surface area contributed by atoms with Gasteiger partial charge in [0.05, 0.1) is 23.9 Å². The lowest BCUT2D eigenvalue weighted by Gasteiger charge is -2.37. The first-order chi connectivity index (χ1) is 12.2. The maximum Gasteiger partial charge on any atom is 0.223 e. The summed E-state index contributed by atoms with van der Waals surface area (Å²) in [5.74, 6) is 1.05. The van der Waals surface area contributed by atoms with Gasteiger partial charge in [-0.05, 0) is 25.8 Å². The van der Waals surface area contributed by atoms with E-state index in [1.165, 1.54) is 0 Å². The molecule has 3 rings (SSSR count). The number of aryl methyl sites for hydroxylation is 2. The highest BCUT2D eigenvalue weighted by atomic mass is 32.1. The van der Waals surface area contributed by atoms with Gasteiger partial charge in [-0.1, -0.05) is 18.2 Å². The number of thiazole rings is 1. The summed E-state index contributed by atoms with van der Waals surface area (Å²) in [7, 11) is 1.68. The largest absolute Gasteiger partial charge is 0.496 e. The van der Waals surface area contributed by atoms with Gasteiger partial charge >= 0.3 is 0 Å². The number of nitrogens with one attached hydrogen (secondary N) is 1. The average molecular weight is 359 g/mol. The molecule has 1 aromatic carbocycles. The van der Waals surface area contributed by atoms with E-state index < -0.39 is 0 Å². The Morgan fingerprint density at radius 2 is 2.28 bits per heavy atom. The van der Waals surface area contributed by atoms with Crippen molar-refractivity contribution in [2.75, 3.05) is 26.7 Å². The van der Waals surface area contributed by atoms with Crippen molar-refractivity contribution in [1.29, 1.82) is 0 Å². The molecule has 1 aromatic heterocycles. The van der Waals surface area contributed by atoms with Crippen LogP contribution in [0.3, 0.4) is 0 Å². The van der Waals surface area contributed by atoms with E-state index in [0.29, 0.717) is 6.42 Å². The Balaban J connectivity index is 1.64. The fraction of sp³-hybridized carbons (Fsp3) is 0.474. The number of hydrogen-bond donors (Lipinski definition) is 1. The number of rotatable bonds is 6. The van der Waals surface area contributed by atoms with Crippen LogP contribution in [0.5, 0.6) is 5.75 Å². The molecule has 1 N–H and O–H groups in total. The van der Waals surface area contributed by atoms with E-state index in [2.05, 4.69) is 21.7 Å². The summed E-state index contributed by atoms with van der Waals surface area (Å²) < 4.78 is 5.50. The molecular formula is C19H25N3O2S. The highest BCUT2D eigenvalue weighted by Gasteiger charge is 2.29. The summed E-state index contributed by atoms with van der Waals surface area (Å²) in [4.78, 5) is 19.3. The van der Waals surface area contributed by atoms with Crippen molar-refractivity contribution in [3.8, 4) is 5.75 Å². The van der Waals surface area contributed by atoms with Gasteiger partial charge in [0, 0.05) is 37.0 Å². The molecule has 1 fully saturated rings. The second-order valence-corrected chi connectivity index (χ2v) is 7.32. The fourth-order valence-electron chi connectivity index (χ4n) is 3.31. The van der Waals surface area contributed by atoms with Crippen LogP contribution >= 0.6 is 11.3 Å². The van der Waals surface area contributed by atoms with E-state index >= 15 is 0 Å². The molecule has 1 aliphatic rings. The van der Waals surface area contributed by atoms with Crippen molar-refractivity contribution in [3.63, 3.8) is 0 Å². The van der Waals surface area contributed by atoms with Crippen molar-refractivity contribution in [3.05, 3.63) is 45.9 Å². The maximum absolute atomic E-state index is 12.8. The minimum absolute atomic E-state index is 0.0268. The first-order valence-corrected chi connectivity index (χ1v) is 9.61. The van der Waals surface area contributed by atoms with Gasteiger partial charge in [0.25, 0.3) is 0 Å². The molecule has 0 aliphatic carbocycles. The maximum atomic E-state index is 12.8. The zero-order valence-electron chi connectivity index (χ0n) is 14.8. The Hall–Kier alpha value is -1.92. The number of methoxy groups -OCH3 is 1. The summed E-state index contributed by atoms with van der Waals surface area (Å²) >= 11 is 1.66. The SMILES string of the molecule is COc1ccccc1C1CNCCN1C(=O)CCCc1csc(C)n1. The summed E-state index contributed by atoms with van der Waals surface area (Å²) in [5.41, 5.74) is 2.16. The molecule has 0 spiro atoms. The molecule has 6 heteroatoms. The van der Waals surface area contributed by atoms with Crippen LogP contribution in [-0.2, 0) is 11.2 Å². The van der Waals surface area contributed by atoms with E-state index in [9.17, 15) is 4.79 Å². The highest BCUT2D eigenvalue weighted by Crippen LogP contribution is 2.30. The number of ether oxygens (including phenoxy) is 1. The zero-order valence-corrected chi connectivity index (χ0v) is 15.6. The number of hydrogen-bond acceptors (Lipinski definition) is 5. The van der Waals surface area contributed by atoms with E-state index in [1.807, 2.05) is 30.0 Å². The molecule has 134 valence electrons. The molecule has 25 heavy (non-hydrogen) atoms. The standard InChI is InChI=1S/C19H25N3O2S/c1-14-21-15(13-25-14)6-5-9-19(23)22-11-10-20-12-17(22)16-7-3-4-8-18(16)24-2/h3-4,7-8,13,17,20H,5-6,9-12H2,1-2H3. The Morgan fingerprint density at radius 3 is 3.04 bits per heavy atom. The average Bonchev–Trinajstić information content (AvgIpc) is 3.06. The monoisotopic (exact) mass is 359 g/mol. The van der Waals surface area contributed by atoms with Crippen molar-refractivity contribution >= 4 is 17.2 Å². The van der Waals surface area contributed by atoms with Gasteiger partial charge in [-0.15, -0.1) is 11.3 Å². The van der Waals surface area contributed by atoms with Crippen LogP contribution in [0.4, 0.5) is 0 Å². The van der Waals surface area contributed by atoms with Gasteiger partial charge in [-0.3, -0.25) is 4.79 Å². The zero-order chi connectivity index (χ0) is 17.6. The molecule has 5 nitrogen and oxygen atoms in total. The third-order valence-electron chi connectivity index (χ3n) is 4.55. The molecule has 2 aromatic rings. The lowest BCUT2D eigenvalue weighted by Crippen LogP contribution is -2.48. The van der Waals surface area contributed by atoms with Gasteiger partial charge in [0.2, 0.25) is 5.91 Å². The molecule has 1 amide bonds. The number of carbonyl (C=O) groups is 1. The topological polar surface area (TPSA) is 54.5 Å². The second-order valence-electron chi connectivity index (χ2n) is 6.26. The summed E-state index contributed by atoms with van der Waals surface area (Å²) in [6.45, 7) is 4.34. The number of piperazine rings is 1. The molecular weight excluding hydrogens is 334 g/mol. The highest BCUT2D eigenvalue weighted by molar-refractivity contribution is 7.09. The minimum atomic E-state index is 0.0268. The second kappa shape index (κ2) is 8.45. The van der Waals surface area contributed by atoms with Gasteiger partial charge < -0.3 is 15.0 Å². The van der Waals surface area contributed by atoms with Crippen LogP contribution < -0.4 is 10.1 Å².